The van der Waals surface area contributed by atoms with Gasteiger partial charge in [0.15, 0.2) is 0 Å². The zero-order valence-electron chi connectivity index (χ0n) is 17.6. The number of fused-ring (bicyclic) bond motifs is 2. The third kappa shape index (κ3) is 3.17. The van der Waals surface area contributed by atoms with E-state index in [1.54, 1.807) is 11.0 Å². The average molecular weight is 438 g/mol. The number of β-amino-alcohol motifs (C(OH)–C–C–N with tert-alkyl or cyclic N) is 1. The SMILES string of the molecule is O=C1OCCC=C[C@@H]2O[C@]34C=CCN(Cc5ccccc5)C(=O)C3N(CCO)C(=O)[C@@H]4[C@H]12. The van der Waals surface area contributed by atoms with E-state index >= 15 is 0 Å². The molecule has 0 bridgehead atoms. The van der Waals surface area contributed by atoms with Gasteiger partial charge >= 0.3 is 5.97 Å². The molecule has 2 fully saturated rings. The summed E-state index contributed by atoms with van der Waals surface area (Å²) in [6, 6.07) is 8.68. The monoisotopic (exact) mass is 438 g/mol. The Bertz CT molecular complexity index is 976. The lowest BCUT2D eigenvalue weighted by atomic mass is 9.77. The van der Waals surface area contributed by atoms with Crippen LogP contribution in [0.25, 0.3) is 0 Å². The highest BCUT2D eigenvalue weighted by atomic mass is 16.6. The number of carbonyl (C=O) groups excluding carboxylic acids is 3. The van der Waals surface area contributed by atoms with Crippen LogP contribution in [0.2, 0.25) is 0 Å². The molecule has 8 heteroatoms. The molecular formula is C24H26N2O6. The molecule has 5 atom stereocenters. The maximum absolute atomic E-state index is 13.8. The Morgan fingerprint density at radius 2 is 1.91 bits per heavy atom. The molecular weight excluding hydrogens is 412 g/mol. The smallest absolute Gasteiger partial charge is 0.312 e. The number of aliphatic hydroxyl groups excluding tert-OH is 1. The second kappa shape index (κ2) is 8.18. The van der Waals surface area contributed by atoms with Crippen LogP contribution in [0.4, 0.5) is 0 Å². The Morgan fingerprint density at radius 1 is 1.09 bits per heavy atom. The first kappa shape index (κ1) is 20.9. The summed E-state index contributed by atoms with van der Waals surface area (Å²) in [4.78, 5) is 43.3. The number of hydrogen-bond acceptors (Lipinski definition) is 6. The van der Waals surface area contributed by atoms with Crippen LogP contribution in [0.1, 0.15) is 12.0 Å². The summed E-state index contributed by atoms with van der Waals surface area (Å²) < 4.78 is 11.8. The van der Waals surface area contributed by atoms with Gasteiger partial charge in [-0.1, -0.05) is 54.6 Å². The third-order valence-electron chi connectivity index (χ3n) is 6.76. The van der Waals surface area contributed by atoms with Gasteiger partial charge in [0.2, 0.25) is 11.8 Å². The summed E-state index contributed by atoms with van der Waals surface area (Å²) in [6.07, 6.45) is 7.25. The predicted molar refractivity (Wildman–Crippen MR) is 113 cm³/mol. The van der Waals surface area contributed by atoms with Crippen molar-refractivity contribution in [2.75, 3.05) is 26.3 Å². The number of amides is 2. The molecule has 32 heavy (non-hydrogen) atoms. The molecule has 1 spiro atoms. The normalized spacial score (nSPS) is 33.8. The van der Waals surface area contributed by atoms with Crippen LogP contribution in [0.5, 0.6) is 0 Å². The Morgan fingerprint density at radius 3 is 2.69 bits per heavy atom. The van der Waals surface area contributed by atoms with Gasteiger partial charge in [-0.05, 0) is 12.0 Å². The number of nitrogens with zero attached hydrogens (tertiary/aromatic N) is 2. The van der Waals surface area contributed by atoms with E-state index in [4.69, 9.17) is 9.47 Å². The summed E-state index contributed by atoms with van der Waals surface area (Å²) in [6.45, 7) is 0.692. The molecule has 1 unspecified atom stereocenters. The quantitative estimate of drug-likeness (QED) is 0.548. The van der Waals surface area contributed by atoms with Gasteiger partial charge in [0, 0.05) is 19.6 Å². The Balaban J connectivity index is 1.56. The van der Waals surface area contributed by atoms with Gasteiger partial charge in [-0.25, -0.2) is 0 Å². The van der Waals surface area contributed by atoms with E-state index in [-0.39, 0.29) is 31.6 Å². The van der Waals surface area contributed by atoms with Crippen LogP contribution in [0, 0.1) is 11.8 Å². The van der Waals surface area contributed by atoms with Crippen molar-refractivity contribution in [3.8, 4) is 0 Å². The van der Waals surface area contributed by atoms with E-state index in [0.29, 0.717) is 19.5 Å². The Labute approximate surface area is 186 Å². The molecule has 1 N–H and O–H groups in total. The molecule has 5 rings (SSSR count). The van der Waals surface area contributed by atoms with Crippen LogP contribution >= 0.6 is 0 Å². The molecule has 1 aromatic rings. The van der Waals surface area contributed by atoms with E-state index in [0.717, 1.165) is 5.56 Å². The van der Waals surface area contributed by atoms with Crippen LogP contribution < -0.4 is 0 Å². The fourth-order valence-corrected chi connectivity index (χ4v) is 5.45. The maximum atomic E-state index is 13.8. The molecule has 2 amide bonds. The fourth-order valence-electron chi connectivity index (χ4n) is 5.45. The first-order valence-electron chi connectivity index (χ1n) is 11.0. The van der Waals surface area contributed by atoms with Crippen molar-refractivity contribution < 1.29 is 29.0 Å². The minimum absolute atomic E-state index is 0.00780. The molecule has 2 saturated heterocycles. The van der Waals surface area contributed by atoms with Crippen molar-refractivity contribution in [2.24, 2.45) is 11.8 Å². The molecule has 0 saturated carbocycles. The number of aliphatic hydroxyl groups is 1. The number of benzene rings is 1. The van der Waals surface area contributed by atoms with Gasteiger partial charge in [-0.2, -0.15) is 0 Å². The lowest BCUT2D eigenvalue weighted by Crippen LogP contribution is -2.55. The van der Waals surface area contributed by atoms with Gasteiger partial charge in [0.1, 0.15) is 17.6 Å². The largest absolute Gasteiger partial charge is 0.465 e. The molecule has 4 aliphatic heterocycles. The summed E-state index contributed by atoms with van der Waals surface area (Å²) in [5, 5.41) is 9.64. The van der Waals surface area contributed by atoms with E-state index in [1.807, 2.05) is 48.6 Å². The van der Waals surface area contributed by atoms with Crippen molar-refractivity contribution in [3.63, 3.8) is 0 Å². The lowest BCUT2D eigenvalue weighted by Gasteiger charge is -2.35. The van der Waals surface area contributed by atoms with Crippen LogP contribution in [-0.4, -0.2) is 76.7 Å². The van der Waals surface area contributed by atoms with Gasteiger partial charge < -0.3 is 24.4 Å². The van der Waals surface area contributed by atoms with Gasteiger partial charge in [-0.3, -0.25) is 14.4 Å². The molecule has 4 heterocycles. The Kier molecular flexibility index (Phi) is 5.35. The highest BCUT2D eigenvalue weighted by Gasteiger charge is 2.71. The molecule has 168 valence electrons. The second-order valence-electron chi connectivity index (χ2n) is 8.59. The highest BCUT2D eigenvalue weighted by Crippen LogP contribution is 2.53. The van der Waals surface area contributed by atoms with E-state index in [1.165, 1.54) is 4.90 Å². The number of likely N-dealkylation sites (tertiary alicyclic amines) is 1. The van der Waals surface area contributed by atoms with Crippen molar-refractivity contribution in [1.82, 2.24) is 9.80 Å². The first-order chi connectivity index (χ1) is 15.6. The van der Waals surface area contributed by atoms with Gasteiger partial charge in [0.25, 0.3) is 0 Å². The van der Waals surface area contributed by atoms with Crippen LogP contribution in [-0.2, 0) is 30.4 Å². The summed E-state index contributed by atoms with van der Waals surface area (Å²) in [5.74, 6) is -2.80. The van der Waals surface area contributed by atoms with Crippen molar-refractivity contribution in [2.45, 2.75) is 30.7 Å². The van der Waals surface area contributed by atoms with Crippen molar-refractivity contribution in [3.05, 3.63) is 60.2 Å². The number of cyclic esters (lactones) is 1. The van der Waals surface area contributed by atoms with E-state index in [9.17, 15) is 19.5 Å². The van der Waals surface area contributed by atoms with E-state index in [2.05, 4.69) is 0 Å². The lowest BCUT2D eigenvalue weighted by molar-refractivity contribution is -0.155. The number of ether oxygens (including phenoxy) is 2. The summed E-state index contributed by atoms with van der Waals surface area (Å²) >= 11 is 0. The number of carbonyl (C=O) groups is 3. The molecule has 0 aliphatic carbocycles. The van der Waals surface area contributed by atoms with E-state index < -0.39 is 35.6 Å². The standard InChI is InChI=1S/C24H26N2O6/c27-13-12-26-20-22(29)25(15-16-7-2-1-3-8-16)11-6-10-24(20)19(21(26)28)18-17(32-24)9-4-5-14-31-23(18)30/h1-4,6-10,17-20,27H,5,11-15H2/t17-,18+,19-,20?,24-/m0/s1. The molecule has 0 aromatic heterocycles. The third-order valence-corrected chi connectivity index (χ3v) is 6.76. The maximum Gasteiger partial charge on any atom is 0.312 e. The van der Waals surface area contributed by atoms with Gasteiger partial charge in [-0.15, -0.1) is 0 Å². The number of hydrogen-bond donors (Lipinski definition) is 1. The number of rotatable bonds is 4. The van der Waals surface area contributed by atoms with Crippen molar-refractivity contribution >= 4 is 17.8 Å². The van der Waals surface area contributed by atoms with Crippen LogP contribution in [0.15, 0.2) is 54.6 Å². The predicted octanol–water partition coefficient (Wildman–Crippen LogP) is 0.661. The van der Waals surface area contributed by atoms with Gasteiger partial charge in [0.05, 0.1) is 25.2 Å². The minimum atomic E-state index is -1.28. The average Bonchev–Trinajstić information content (AvgIpc) is 3.16. The summed E-state index contributed by atoms with van der Waals surface area (Å²) in [5.41, 5.74) is -0.307. The summed E-state index contributed by atoms with van der Waals surface area (Å²) in [7, 11) is 0. The molecule has 4 aliphatic rings. The molecule has 1 aromatic carbocycles. The zero-order chi connectivity index (χ0) is 22.3. The number of esters is 1. The second-order valence-corrected chi connectivity index (χ2v) is 8.59. The molecule has 8 nitrogen and oxygen atoms in total. The highest BCUT2D eigenvalue weighted by molar-refractivity contribution is 5.99. The topological polar surface area (TPSA) is 96.4 Å². The van der Waals surface area contributed by atoms with Crippen molar-refractivity contribution in [1.29, 1.82) is 0 Å². The molecule has 0 radical (unpaired) electrons. The first-order valence-corrected chi connectivity index (χ1v) is 11.0. The fraction of sp³-hybridized carbons (Fsp3) is 0.458. The van der Waals surface area contributed by atoms with Crippen LogP contribution in [0.3, 0.4) is 0 Å². The zero-order valence-corrected chi connectivity index (χ0v) is 17.6. The Hall–Kier alpha value is -2.97. The minimum Gasteiger partial charge on any atom is -0.465 e.